The van der Waals surface area contributed by atoms with Crippen LogP contribution in [0.15, 0.2) is 38.8 Å². The van der Waals surface area contributed by atoms with E-state index < -0.39 is 0 Å². The Morgan fingerprint density at radius 3 is 2.93 bits per heavy atom. The maximum atomic E-state index is 12.6. The second-order valence-corrected chi connectivity index (χ2v) is 8.65. The Hall–Kier alpha value is -2.65. The molecule has 1 fully saturated rings. The van der Waals surface area contributed by atoms with Crippen molar-refractivity contribution in [3.8, 4) is 0 Å². The van der Waals surface area contributed by atoms with Crippen molar-refractivity contribution < 1.29 is 9.15 Å². The molecule has 1 atom stereocenters. The Morgan fingerprint density at radius 1 is 1.28 bits per heavy atom. The van der Waals surface area contributed by atoms with Crippen molar-refractivity contribution in [1.29, 1.82) is 0 Å². The van der Waals surface area contributed by atoms with Gasteiger partial charge in [0.1, 0.15) is 10.9 Å². The van der Waals surface area contributed by atoms with E-state index in [1.54, 1.807) is 6.20 Å². The molecule has 8 nitrogen and oxygen atoms in total. The van der Waals surface area contributed by atoms with E-state index >= 15 is 0 Å². The topological polar surface area (TPSA) is 98.8 Å². The number of benzene rings is 1. The Balaban J connectivity index is 1.46. The van der Waals surface area contributed by atoms with Crippen LogP contribution in [0.3, 0.4) is 0 Å². The first-order valence-corrected chi connectivity index (χ1v) is 10.6. The number of rotatable bonds is 4. The maximum Gasteiger partial charge on any atom is 0.262 e. The summed E-state index contributed by atoms with van der Waals surface area (Å²) in [5.41, 5.74) is 3.15. The summed E-state index contributed by atoms with van der Waals surface area (Å²) in [6, 6.07) is 6.14. The minimum Gasteiger partial charge on any atom is -0.439 e. The number of nitrogens with zero attached hydrogens (tertiary/aromatic N) is 4. The summed E-state index contributed by atoms with van der Waals surface area (Å²) in [7, 11) is 0. The number of fused-ring (bicyclic) bond motifs is 2. The molecule has 3 aromatic heterocycles. The van der Waals surface area contributed by atoms with Gasteiger partial charge in [0.05, 0.1) is 17.5 Å². The minimum atomic E-state index is -0.184. The van der Waals surface area contributed by atoms with Gasteiger partial charge in [-0.1, -0.05) is 17.8 Å². The van der Waals surface area contributed by atoms with Gasteiger partial charge >= 0.3 is 0 Å². The molecular formula is C20H21N5O3S. The highest BCUT2D eigenvalue weighted by Crippen LogP contribution is 2.34. The van der Waals surface area contributed by atoms with Crippen molar-refractivity contribution >= 4 is 33.9 Å². The van der Waals surface area contributed by atoms with Gasteiger partial charge in [0.2, 0.25) is 5.89 Å². The number of aromatic amines is 1. The highest BCUT2D eigenvalue weighted by Gasteiger charge is 2.22. The number of aromatic nitrogens is 5. The molecule has 0 spiro atoms. The van der Waals surface area contributed by atoms with Crippen molar-refractivity contribution in [3.63, 3.8) is 0 Å². The van der Waals surface area contributed by atoms with E-state index in [1.165, 1.54) is 11.8 Å². The SMILES string of the molecule is Cc1ccc2nc(C(C)Sc3nc4c(cnn4C4CCOCC4)c(=O)[nH]3)oc2c1. The number of thioether (sulfide) groups is 1. The third kappa shape index (κ3) is 3.44. The van der Waals surface area contributed by atoms with Crippen molar-refractivity contribution in [1.82, 2.24) is 24.7 Å². The van der Waals surface area contributed by atoms with Crippen LogP contribution in [0.4, 0.5) is 0 Å². The lowest BCUT2D eigenvalue weighted by Crippen LogP contribution is -2.21. The molecule has 1 unspecified atom stereocenters. The monoisotopic (exact) mass is 411 g/mol. The van der Waals surface area contributed by atoms with E-state index in [-0.39, 0.29) is 16.9 Å². The molecule has 4 heterocycles. The van der Waals surface area contributed by atoms with Gasteiger partial charge in [0.15, 0.2) is 16.4 Å². The third-order valence-corrected chi connectivity index (χ3v) is 6.15. The van der Waals surface area contributed by atoms with Crippen molar-refractivity contribution in [2.24, 2.45) is 0 Å². The molecule has 0 amide bonds. The molecule has 4 aromatic rings. The Labute approximate surface area is 170 Å². The highest BCUT2D eigenvalue weighted by molar-refractivity contribution is 7.99. The van der Waals surface area contributed by atoms with Crippen molar-refractivity contribution in [2.75, 3.05) is 13.2 Å². The summed E-state index contributed by atoms with van der Waals surface area (Å²) >= 11 is 1.42. The molecule has 1 N–H and O–H groups in total. The number of H-pyrrole nitrogens is 1. The zero-order valence-electron chi connectivity index (χ0n) is 16.2. The maximum absolute atomic E-state index is 12.6. The standard InChI is InChI=1S/C20H21N5O3S/c1-11-3-4-15-16(9-11)28-19(22-15)12(2)29-20-23-17-14(18(26)24-20)10-21-25(17)13-5-7-27-8-6-13/h3-4,9-10,12-13H,5-8H2,1-2H3,(H,23,24,26). The molecule has 0 radical (unpaired) electrons. The second kappa shape index (κ2) is 7.31. The summed E-state index contributed by atoms with van der Waals surface area (Å²) < 4.78 is 13.2. The van der Waals surface area contributed by atoms with Crippen molar-refractivity contribution in [2.45, 2.75) is 43.1 Å². The summed E-state index contributed by atoms with van der Waals surface area (Å²) in [5, 5.41) is 5.36. The van der Waals surface area contributed by atoms with Gasteiger partial charge in [-0.05, 0) is 44.4 Å². The van der Waals surface area contributed by atoms with Gasteiger partial charge < -0.3 is 14.1 Å². The van der Waals surface area contributed by atoms with E-state index in [4.69, 9.17) is 14.1 Å². The van der Waals surface area contributed by atoms with Gasteiger partial charge in [-0.3, -0.25) is 4.79 Å². The molecule has 1 saturated heterocycles. The van der Waals surface area contributed by atoms with Crippen LogP contribution in [0.5, 0.6) is 0 Å². The van der Waals surface area contributed by atoms with E-state index in [0.717, 1.165) is 29.5 Å². The number of aryl methyl sites for hydroxylation is 1. The van der Waals surface area contributed by atoms with Crippen LogP contribution in [0.2, 0.25) is 0 Å². The third-order valence-electron chi connectivity index (χ3n) is 5.18. The summed E-state index contributed by atoms with van der Waals surface area (Å²) in [4.78, 5) is 24.7. The zero-order chi connectivity index (χ0) is 20.0. The van der Waals surface area contributed by atoms with E-state index in [0.29, 0.717) is 35.3 Å². The molecule has 0 bridgehead atoms. The molecule has 5 rings (SSSR count). The van der Waals surface area contributed by atoms with Gasteiger partial charge in [-0.15, -0.1) is 0 Å². The first kappa shape index (κ1) is 18.4. The predicted octanol–water partition coefficient (Wildman–Crippen LogP) is 3.77. The van der Waals surface area contributed by atoms with Crippen LogP contribution in [0.25, 0.3) is 22.1 Å². The van der Waals surface area contributed by atoms with Gasteiger partial charge in [-0.25, -0.2) is 14.6 Å². The average molecular weight is 411 g/mol. The van der Waals surface area contributed by atoms with E-state index in [9.17, 15) is 4.79 Å². The number of ether oxygens (including phenoxy) is 1. The van der Waals surface area contributed by atoms with Crippen LogP contribution >= 0.6 is 11.8 Å². The molecule has 1 aliphatic heterocycles. The normalized spacial score (nSPS) is 16.6. The van der Waals surface area contributed by atoms with Gasteiger partial charge in [-0.2, -0.15) is 5.10 Å². The summed E-state index contributed by atoms with van der Waals surface area (Å²) in [5.74, 6) is 0.608. The minimum absolute atomic E-state index is 0.109. The number of hydrogen-bond acceptors (Lipinski definition) is 7. The summed E-state index contributed by atoms with van der Waals surface area (Å²) in [6.07, 6.45) is 3.33. The van der Waals surface area contributed by atoms with Crippen LogP contribution in [-0.2, 0) is 4.74 Å². The Morgan fingerprint density at radius 2 is 2.10 bits per heavy atom. The average Bonchev–Trinajstić information content (AvgIpc) is 3.33. The summed E-state index contributed by atoms with van der Waals surface area (Å²) in [6.45, 7) is 5.41. The molecule has 9 heteroatoms. The number of oxazole rings is 1. The van der Waals surface area contributed by atoms with Crippen LogP contribution in [0.1, 0.15) is 42.5 Å². The first-order chi connectivity index (χ1) is 14.1. The quantitative estimate of drug-likeness (QED) is 0.403. The fourth-order valence-corrected chi connectivity index (χ4v) is 4.44. The zero-order valence-corrected chi connectivity index (χ0v) is 17.0. The lowest BCUT2D eigenvalue weighted by atomic mass is 10.1. The largest absolute Gasteiger partial charge is 0.439 e. The van der Waals surface area contributed by atoms with Crippen molar-refractivity contribution in [3.05, 3.63) is 46.2 Å². The first-order valence-electron chi connectivity index (χ1n) is 9.67. The van der Waals surface area contributed by atoms with E-state index in [1.807, 2.05) is 36.7 Å². The van der Waals surface area contributed by atoms with E-state index in [2.05, 4.69) is 15.1 Å². The lowest BCUT2D eigenvalue weighted by Gasteiger charge is -2.22. The molecule has 0 saturated carbocycles. The Kier molecular flexibility index (Phi) is 4.63. The van der Waals surface area contributed by atoms with Gasteiger partial charge in [0.25, 0.3) is 5.56 Å². The second-order valence-electron chi connectivity index (χ2n) is 7.32. The molecule has 150 valence electrons. The molecule has 1 aromatic carbocycles. The molecular weight excluding hydrogens is 390 g/mol. The van der Waals surface area contributed by atoms with Crippen LogP contribution in [-0.4, -0.2) is 37.9 Å². The molecule has 1 aliphatic rings. The number of hydrogen-bond donors (Lipinski definition) is 1. The predicted molar refractivity (Wildman–Crippen MR) is 110 cm³/mol. The fraction of sp³-hybridized carbons (Fsp3) is 0.400. The number of nitrogens with one attached hydrogen (secondary N) is 1. The van der Waals surface area contributed by atoms with Gasteiger partial charge in [0, 0.05) is 13.2 Å². The highest BCUT2D eigenvalue weighted by atomic mass is 32.2. The molecule has 29 heavy (non-hydrogen) atoms. The van der Waals surface area contributed by atoms with Crippen LogP contribution < -0.4 is 5.56 Å². The lowest BCUT2D eigenvalue weighted by molar-refractivity contribution is 0.0673. The Bertz CT molecular complexity index is 1240. The van der Waals surface area contributed by atoms with Crippen LogP contribution in [0, 0.1) is 6.92 Å². The fourth-order valence-electron chi connectivity index (χ4n) is 3.61. The smallest absolute Gasteiger partial charge is 0.262 e. The molecule has 0 aliphatic carbocycles.